The first-order valence-corrected chi connectivity index (χ1v) is 8.94. The normalized spacial score (nSPS) is 23.9. The average Bonchev–Trinajstić information content (AvgIpc) is 3.17. The van der Waals surface area contributed by atoms with Crippen molar-refractivity contribution in [3.05, 3.63) is 23.8 Å². The highest BCUT2D eigenvalue weighted by Gasteiger charge is 2.50. The zero-order valence-corrected chi connectivity index (χ0v) is 16.6. The first-order valence-electron chi connectivity index (χ1n) is 8.94. The number of carboxylic acids is 1. The van der Waals surface area contributed by atoms with Gasteiger partial charge in [0.25, 0.3) is 0 Å². The minimum atomic E-state index is -5.08. The van der Waals surface area contributed by atoms with Crippen LogP contribution in [-0.2, 0) is 20.8 Å². The lowest BCUT2D eigenvalue weighted by atomic mass is 9.82. The Morgan fingerprint density at radius 3 is 2.31 bits per heavy atom. The molecule has 2 fully saturated rings. The minimum Gasteiger partial charge on any atom is -0.497 e. The van der Waals surface area contributed by atoms with Gasteiger partial charge in [-0.1, -0.05) is 0 Å². The summed E-state index contributed by atoms with van der Waals surface area (Å²) in [5, 5.41) is 7.12. The Bertz CT molecular complexity index is 677. The Labute approximate surface area is 167 Å². The van der Waals surface area contributed by atoms with E-state index >= 15 is 0 Å². The van der Waals surface area contributed by atoms with E-state index in [1.807, 2.05) is 6.07 Å². The third-order valence-electron chi connectivity index (χ3n) is 5.08. The van der Waals surface area contributed by atoms with Crippen molar-refractivity contribution in [1.82, 2.24) is 4.90 Å². The largest absolute Gasteiger partial charge is 0.497 e. The molecule has 7 nitrogen and oxygen atoms in total. The van der Waals surface area contributed by atoms with Crippen LogP contribution in [-0.4, -0.2) is 76.4 Å². The molecule has 3 rings (SSSR count). The number of carboxylic acid groups (broad SMARTS) is 1. The lowest BCUT2D eigenvalue weighted by Gasteiger charge is -2.26. The molecular formula is C19H26F3NO6. The molecular weight excluding hydrogens is 395 g/mol. The molecule has 0 radical (unpaired) electrons. The van der Waals surface area contributed by atoms with Crippen LogP contribution in [0, 0.1) is 11.3 Å². The molecule has 1 N–H and O–H groups in total. The highest BCUT2D eigenvalue weighted by molar-refractivity contribution is 5.73. The fraction of sp³-hybridized carbons (Fsp3) is 0.632. The maximum absolute atomic E-state index is 10.6. The lowest BCUT2D eigenvalue weighted by molar-refractivity contribution is -0.192. The molecule has 2 atom stereocenters. The summed E-state index contributed by atoms with van der Waals surface area (Å²) in [6.07, 6.45) is -5.08. The number of hydrogen-bond acceptors (Lipinski definition) is 6. The number of nitrogens with zero attached hydrogens (tertiary/aromatic N) is 1. The standard InChI is InChI=1S/C17H25NO4.C2HF3O2/c1-19-11-17-10-18(8-14(17)9-22-12-17)7-13-4-15(20-2)6-16(5-13)21-3;3-2(4,5)1(6)7/h4-6,14H,7-12H2,1-3H3;(H,6,7)/t14-,17-;/m1./s1. The topological polar surface area (TPSA) is 77.5 Å². The zero-order chi connectivity index (χ0) is 21.7. The summed E-state index contributed by atoms with van der Waals surface area (Å²) >= 11 is 0. The summed E-state index contributed by atoms with van der Waals surface area (Å²) in [5.41, 5.74) is 1.38. The molecule has 1 aromatic rings. The van der Waals surface area contributed by atoms with Crippen molar-refractivity contribution in [2.24, 2.45) is 11.3 Å². The summed E-state index contributed by atoms with van der Waals surface area (Å²) in [6.45, 7) is 5.41. The molecule has 29 heavy (non-hydrogen) atoms. The second kappa shape index (κ2) is 9.64. The second-order valence-corrected chi connectivity index (χ2v) is 7.20. The summed E-state index contributed by atoms with van der Waals surface area (Å²) in [7, 11) is 5.15. The summed E-state index contributed by atoms with van der Waals surface area (Å²) in [4.78, 5) is 11.4. The smallest absolute Gasteiger partial charge is 0.490 e. The molecule has 2 saturated heterocycles. The quantitative estimate of drug-likeness (QED) is 0.756. The van der Waals surface area contributed by atoms with Crippen molar-refractivity contribution in [3.63, 3.8) is 0 Å². The van der Waals surface area contributed by atoms with Crippen LogP contribution >= 0.6 is 0 Å². The van der Waals surface area contributed by atoms with Crippen LogP contribution < -0.4 is 9.47 Å². The van der Waals surface area contributed by atoms with E-state index in [1.54, 1.807) is 21.3 Å². The molecule has 2 aliphatic heterocycles. The Balaban J connectivity index is 0.000000370. The van der Waals surface area contributed by atoms with E-state index in [-0.39, 0.29) is 5.41 Å². The third kappa shape index (κ3) is 5.97. The van der Waals surface area contributed by atoms with Crippen LogP contribution in [0.4, 0.5) is 13.2 Å². The molecule has 0 amide bonds. The number of halogens is 3. The monoisotopic (exact) mass is 421 g/mol. The van der Waals surface area contributed by atoms with Crippen molar-refractivity contribution in [2.75, 3.05) is 54.2 Å². The number of rotatable bonds is 6. The molecule has 10 heteroatoms. The van der Waals surface area contributed by atoms with E-state index in [0.717, 1.165) is 51.0 Å². The molecule has 0 unspecified atom stereocenters. The Hall–Kier alpha value is -2.04. The van der Waals surface area contributed by atoms with E-state index in [1.165, 1.54) is 5.56 Å². The van der Waals surface area contributed by atoms with Crippen molar-refractivity contribution in [2.45, 2.75) is 12.7 Å². The van der Waals surface area contributed by atoms with Crippen LogP contribution in [0.2, 0.25) is 0 Å². The van der Waals surface area contributed by atoms with Gasteiger partial charge in [-0.25, -0.2) is 4.79 Å². The van der Waals surface area contributed by atoms with Gasteiger partial charge in [-0.15, -0.1) is 0 Å². The van der Waals surface area contributed by atoms with E-state index in [4.69, 9.17) is 28.8 Å². The molecule has 2 aliphatic rings. The predicted molar refractivity (Wildman–Crippen MR) is 97.1 cm³/mol. The van der Waals surface area contributed by atoms with Crippen molar-refractivity contribution < 1.29 is 42.0 Å². The third-order valence-corrected chi connectivity index (χ3v) is 5.08. The van der Waals surface area contributed by atoms with Gasteiger partial charge in [0.1, 0.15) is 11.5 Å². The highest BCUT2D eigenvalue weighted by atomic mass is 19.4. The van der Waals surface area contributed by atoms with Crippen LogP contribution in [0.3, 0.4) is 0 Å². The summed E-state index contributed by atoms with van der Waals surface area (Å²) in [5.74, 6) is -0.514. The number of aliphatic carboxylic acids is 1. The van der Waals surface area contributed by atoms with Gasteiger partial charge in [0, 0.05) is 44.1 Å². The average molecular weight is 421 g/mol. The van der Waals surface area contributed by atoms with E-state index in [9.17, 15) is 13.2 Å². The summed E-state index contributed by atoms with van der Waals surface area (Å²) in [6, 6.07) is 6.06. The lowest BCUT2D eigenvalue weighted by Crippen LogP contribution is -2.35. The first kappa shape index (κ1) is 23.2. The summed E-state index contributed by atoms with van der Waals surface area (Å²) < 4.78 is 53.6. The van der Waals surface area contributed by atoms with Gasteiger partial charge < -0.3 is 24.1 Å². The van der Waals surface area contributed by atoms with Crippen LogP contribution in [0.1, 0.15) is 5.56 Å². The van der Waals surface area contributed by atoms with Gasteiger partial charge >= 0.3 is 12.1 Å². The Morgan fingerprint density at radius 1 is 1.24 bits per heavy atom. The number of likely N-dealkylation sites (tertiary alicyclic amines) is 1. The molecule has 0 saturated carbocycles. The van der Waals surface area contributed by atoms with Gasteiger partial charge in [-0.3, -0.25) is 4.90 Å². The van der Waals surface area contributed by atoms with Gasteiger partial charge in [-0.05, 0) is 17.7 Å². The molecule has 0 aromatic heterocycles. The number of benzene rings is 1. The maximum atomic E-state index is 10.6. The number of alkyl halides is 3. The van der Waals surface area contributed by atoms with Crippen LogP contribution in [0.15, 0.2) is 18.2 Å². The number of methoxy groups -OCH3 is 3. The van der Waals surface area contributed by atoms with Crippen molar-refractivity contribution >= 4 is 5.97 Å². The molecule has 1 aromatic carbocycles. The van der Waals surface area contributed by atoms with Gasteiger partial charge in [0.05, 0.1) is 34.0 Å². The van der Waals surface area contributed by atoms with Gasteiger partial charge in [0.15, 0.2) is 0 Å². The van der Waals surface area contributed by atoms with Crippen LogP contribution in [0.25, 0.3) is 0 Å². The van der Waals surface area contributed by atoms with E-state index in [2.05, 4.69) is 17.0 Å². The molecule has 164 valence electrons. The first-order chi connectivity index (χ1) is 13.6. The van der Waals surface area contributed by atoms with Gasteiger partial charge in [-0.2, -0.15) is 13.2 Å². The van der Waals surface area contributed by atoms with E-state index < -0.39 is 12.1 Å². The molecule has 0 spiro atoms. The van der Waals surface area contributed by atoms with E-state index in [0.29, 0.717) is 5.92 Å². The minimum absolute atomic E-state index is 0.164. The number of carbonyl (C=O) groups is 1. The zero-order valence-electron chi connectivity index (χ0n) is 16.6. The van der Waals surface area contributed by atoms with Crippen LogP contribution in [0.5, 0.6) is 11.5 Å². The van der Waals surface area contributed by atoms with Crippen molar-refractivity contribution in [3.8, 4) is 11.5 Å². The fourth-order valence-electron chi connectivity index (χ4n) is 3.77. The number of fused-ring (bicyclic) bond motifs is 1. The molecule has 0 aliphatic carbocycles. The molecule has 0 bridgehead atoms. The number of hydrogen-bond donors (Lipinski definition) is 1. The maximum Gasteiger partial charge on any atom is 0.490 e. The Morgan fingerprint density at radius 2 is 1.83 bits per heavy atom. The fourth-order valence-corrected chi connectivity index (χ4v) is 3.77. The second-order valence-electron chi connectivity index (χ2n) is 7.20. The molecule has 2 heterocycles. The van der Waals surface area contributed by atoms with Crippen molar-refractivity contribution in [1.29, 1.82) is 0 Å². The SMILES string of the molecule is COC[C@]12COC[C@H]1CN(Cc1cc(OC)cc(OC)c1)C2.O=C(O)C(F)(F)F. The predicted octanol–water partition coefficient (Wildman–Crippen LogP) is 2.43. The Kier molecular flexibility index (Phi) is 7.73. The van der Waals surface area contributed by atoms with Gasteiger partial charge in [0.2, 0.25) is 0 Å². The number of ether oxygens (including phenoxy) is 4. The highest BCUT2D eigenvalue weighted by Crippen LogP contribution is 2.42.